The highest BCUT2D eigenvalue weighted by atomic mass is 16.5. The predicted octanol–water partition coefficient (Wildman–Crippen LogP) is 1.78. The maximum Gasteiger partial charge on any atom is 0.132 e. The van der Waals surface area contributed by atoms with Crippen LogP contribution in [0.3, 0.4) is 0 Å². The van der Waals surface area contributed by atoms with Crippen molar-refractivity contribution in [2.45, 2.75) is 39.2 Å². The number of hydrogen-bond acceptors (Lipinski definition) is 2. The van der Waals surface area contributed by atoms with Gasteiger partial charge in [0.2, 0.25) is 0 Å². The van der Waals surface area contributed by atoms with Crippen LogP contribution in [0.1, 0.15) is 33.1 Å². The van der Waals surface area contributed by atoms with E-state index in [0.29, 0.717) is 6.42 Å². The molecule has 1 aliphatic heterocycles. The fourth-order valence-corrected chi connectivity index (χ4v) is 1.53. The van der Waals surface area contributed by atoms with E-state index in [9.17, 15) is 4.79 Å². The van der Waals surface area contributed by atoms with Gasteiger partial charge in [-0.3, -0.25) is 4.79 Å². The first kappa shape index (κ1) is 8.72. The molecule has 1 fully saturated rings. The lowest BCUT2D eigenvalue weighted by Crippen LogP contribution is -2.25. The standard InChI is InChI=1S/C9H16O2/c1-7-3-4-11-9(5-7)6-8(2)10/h7,9H,3-6H2,1-2H3/t7-,9-/m0/s1. The summed E-state index contributed by atoms with van der Waals surface area (Å²) in [5, 5.41) is 0. The van der Waals surface area contributed by atoms with Crippen molar-refractivity contribution in [1.29, 1.82) is 0 Å². The third-order valence-electron chi connectivity index (χ3n) is 2.14. The topological polar surface area (TPSA) is 26.3 Å². The van der Waals surface area contributed by atoms with E-state index >= 15 is 0 Å². The summed E-state index contributed by atoms with van der Waals surface area (Å²) in [7, 11) is 0. The van der Waals surface area contributed by atoms with E-state index < -0.39 is 0 Å². The van der Waals surface area contributed by atoms with Crippen LogP contribution in [0.2, 0.25) is 0 Å². The van der Waals surface area contributed by atoms with Gasteiger partial charge >= 0.3 is 0 Å². The molecule has 0 N–H and O–H groups in total. The van der Waals surface area contributed by atoms with Crippen molar-refractivity contribution < 1.29 is 9.53 Å². The van der Waals surface area contributed by atoms with E-state index in [1.54, 1.807) is 6.92 Å². The van der Waals surface area contributed by atoms with Crippen LogP contribution in [0.15, 0.2) is 0 Å². The molecule has 0 spiro atoms. The Hall–Kier alpha value is -0.370. The SMILES string of the molecule is CC(=O)C[C@@H]1C[C@@H](C)CCO1. The van der Waals surface area contributed by atoms with Gasteiger partial charge in [-0.05, 0) is 25.7 Å². The van der Waals surface area contributed by atoms with Crippen molar-refractivity contribution in [2.24, 2.45) is 5.92 Å². The first-order valence-electron chi connectivity index (χ1n) is 4.29. The summed E-state index contributed by atoms with van der Waals surface area (Å²) in [4.78, 5) is 10.7. The summed E-state index contributed by atoms with van der Waals surface area (Å²) >= 11 is 0. The summed E-state index contributed by atoms with van der Waals surface area (Å²) < 4.78 is 5.44. The van der Waals surface area contributed by atoms with E-state index in [0.717, 1.165) is 25.4 Å². The highest BCUT2D eigenvalue weighted by molar-refractivity contribution is 5.75. The molecular weight excluding hydrogens is 140 g/mol. The second-order valence-electron chi connectivity index (χ2n) is 3.53. The number of ketones is 1. The van der Waals surface area contributed by atoms with Crippen LogP contribution in [0.5, 0.6) is 0 Å². The Morgan fingerprint density at radius 3 is 2.91 bits per heavy atom. The van der Waals surface area contributed by atoms with E-state index in [4.69, 9.17) is 4.74 Å². The molecule has 2 atom stereocenters. The van der Waals surface area contributed by atoms with Crippen LogP contribution in [-0.2, 0) is 9.53 Å². The molecule has 1 rings (SSSR count). The molecule has 0 aromatic heterocycles. The largest absolute Gasteiger partial charge is 0.378 e. The van der Waals surface area contributed by atoms with Crippen molar-refractivity contribution in [3.8, 4) is 0 Å². The van der Waals surface area contributed by atoms with Crippen molar-refractivity contribution in [1.82, 2.24) is 0 Å². The maximum absolute atomic E-state index is 10.7. The minimum absolute atomic E-state index is 0.205. The Morgan fingerprint density at radius 2 is 2.36 bits per heavy atom. The third kappa shape index (κ3) is 3.02. The van der Waals surface area contributed by atoms with Gasteiger partial charge in [0, 0.05) is 13.0 Å². The zero-order chi connectivity index (χ0) is 8.27. The molecule has 11 heavy (non-hydrogen) atoms. The Bertz CT molecular complexity index is 142. The Labute approximate surface area is 67.9 Å². The Balaban J connectivity index is 2.28. The van der Waals surface area contributed by atoms with E-state index in [1.807, 2.05) is 0 Å². The highest BCUT2D eigenvalue weighted by Gasteiger charge is 2.20. The molecule has 0 saturated carbocycles. The van der Waals surface area contributed by atoms with Crippen LogP contribution >= 0.6 is 0 Å². The van der Waals surface area contributed by atoms with Gasteiger partial charge < -0.3 is 4.74 Å². The number of carbonyl (C=O) groups excluding carboxylic acids is 1. The fourth-order valence-electron chi connectivity index (χ4n) is 1.53. The van der Waals surface area contributed by atoms with Crippen molar-refractivity contribution in [3.63, 3.8) is 0 Å². The van der Waals surface area contributed by atoms with Gasteiger partial charge in [-0.25, -0.2) is 0 Å². The van der Waals surface area contributed by atoms with Gasteiger partial charge in [-0.1, -0.05) is 6.92 Å². The molecule has 2 nitrogen and oxygen atoms in total. The first-order chi connectivity index (χ1) is 5.18. The molecule has 0 unspecified atom stereocenters. The third-order valence-corrected chi connectivity index (χ3v) is 2.14. The molecule has 2 heteroatoms. The Kier molecular flexibility index (Phi) is 3.06. The van der Waals surface area contributed by atoms with Crippen LogP contribution < -0.4 is 0 Å². The van der Waals surface area contributed by atoms with Gasteiger partial charge in [0.15, 0.2) is 0 Å². The average molecular weight is 156 g/mol. The summed E-state index contributed by atoms with van der Waals surface area (Å²) in [6.07, 6.45) is 3.01. The minimum atomic E-state index is 0.205. The highest BCUT2D eigenvalue weighted by Crippen LogP contribution is 2.21. The quantitative estimate of drug-likeness (QED) is 0.609. The summed E-state index contributed by atoms with van der Waals surface area (Å²) in [6.45, 7) is 4.68. The lowest BCUT2D eigenvalue weighted by atomic mass is 9.95. The van der Waals surface area contributed by atoms with E-state index in [1.165, 1.54) is 0 Å². The average Bonchev–Trinajstić information content (AvgIpc) is 1.85. The Morgan fingerprint density at radius 1 is 1.64 bits per heavy atom. The normalized spacial score (nSPS) is 31.8. The van der Waals surface area contributed by atoms with Gasteiger partial charge in [-0.2, -0.15) is 0 Å². The molecule has 0 bridgehead atoms. The van der Waals surface area contributed by atoms with Crippen LogP contribution in [0.4, 0.5) is 0 Å². The summed E-state index contributed by atoms with van der Waals surface area (Å²) in [5.41, 5.74) is 0. The molecule has 0 aromatic carbocycles. The lowest BCUT2D eigenvalue weighted by molar-refractivity contribution is -0.121. The van der Waals surface area contributed by atoms with E-state index in [-0.39, 0.29) is 11.9 Å². The van der Waals surface area contributed by atoms with Crippen LogP contribution in [-0.4, -0.2) is 18.5 Å². The summed E-state index contributed by atoms with van der Waals surface area (Å²) in [6, 6.07) is 0. The number of rotatable bonds is 2. The number of ether oxygens (including phenoxy) is 1. The monoisotopic (exact) mass is 156 g/mol. The van der Waals surface area contributed by atoms with Gasteiger partial charge in [0.1, 0.15) is 5.78 Å². The molecule has 0 radical (unpaired) electrons. The second kappa shape index (κ2) is 3.86. The molecule has 1 saturated heterocycles. The number of Topliss-reactive ketones (excluding diaryl/α,β-unsaturated/α-hetero) is 1. The lowest BCUT2D eigenvalue weighted by Gasteiger charge is -2.26. The number of hydrogen-bond donors (Lipinski definition) is 0. The molecule has 1 heterocycles. The molecule has 0 amide bonds. The van der Waals surface area contributed by atoms with Crippen LogP contribution in [0, 0.1) is 5.92 Å². The zero-order valence-electron chi connectivity index (χ0n) is 7.30. The summed E-state index contributed by atoms with van der Waals surface area (Å²) in [5.74, 6) is 0.970. The zero-order valence-corrected chi connectivity index (χ0v) is 7.30. The molecule has 0 aliphatic carbocycles. The second-order valence-corrected chi connectivity index (χ2v) is 3.53. The van der Waals surface area contributed by atoms with Gasteiger partial charge in [0.05, 0.1) is 6.10 Å². The molecule has 0 aromatic rings. The van der Waals surface area contributed by atoms with Gasteiger partial charge in [-0.15, -0.1) is 0 Å². The van der Waals surface area contributed by atoms with E-state index in [2.05, 4.69) is 6.92 Å². The molecule has 64 valence electrons. The molecule has 1 aliphatic rings. The predicted molar refractivity (Wildman–Crippen MR) is 43.4 cm³/mol. The first-order valence-corrected chi connectivity index (χ1v) is 4.29. The van der Waals surface area contributed by atoms with Crippen molar-refractivity contribution >= 4 is 5.78 Å². The van der Waals surface area contributed by atoms with Crippen molar-refractivity contribution in [2.75, 3.05) is 6.61 Å². The van der Waals surface area contributed by atoms with Crippen molar-refractivity contribution in [3.05, 3.63) is 0 Å². The number of carbonyl (C=O) groups is 1. The smallest absolute Gasteiger partial charge is 0.132 e. The van der Waals surface area contributed by atoms with Crippen LogP contribution in [0.25, 0.3) is 0 Å². The fraction of sp³-hybridized carbons (Fsp3) is 0.889. The molecular formula is C9H16O2. The maximum atomic E-state index is 10.7. The van der Waals surface area contributed by atoms with Gasteiger partial charge in [0.25, 0.3) is 0 Å². The minimum Gasteiger partial charge on any atom is -0.378 e.